The average molecular weight is 401 g/mol. The van der Waals surface area contributed by atoms with Gasteiger partial charge in [0.25, 0.3) is 11.8 Å². The predicted octanol–water partition coefficient (Wildman–Crippen LogP) is 3.29. The molecule has 0 atom stereocenters. The van der Waals surface area contributed by atoms with Crippen LogP contribution in [0.1, 0.15) is 32.7 Å². The summed E-state index contributed by atoms with van der Waals surface area (Å²) in [5, 5.41) is 2.70. The second-order valence-corrected chi connectivity index (χ2v) is 6.73. The third-order valence-corrected chi connectivity index (χ3v) is 4.71. The minimum atomic E-state index is -0.381. The number of nitrogens with one attached hydrogen (secondary N) is 1. The number of pyridine rings is 1. The van der Waals surface area contributed by atoms with Crippen LogP contribution >= 0.6 is 0 Å². The van der Waals surface area contributed by atoms with E-state index < -0.39 is 0 Å². The SMILES string of the molecule is O=C(CCN1C(=O)c2ccccc2C1=O)Nc1ncccc1OCc1ccccc1. The fourth-order valence-corrected chi connectivity index (χ4v) is 3.19. The summed E-state index contributed by atoms with van der Waals surface area (Å²) >= 11 is 0. The molecule has 3 amide bonds. The zero-order chi connectivity index (χ0) is 20.9. The van der Waals surface area contributed by atoms with Crippen LogP contribution in [-0.2, 0) is 11.4 Å². The van der Waals surface area contributed by atoms with Crippen LogP contribution in [-0.4, -0.2) is 34.2 Å². The normalized spacial score (nSPS) is 12.6. The van der Waals surface area contributed by atoms with E-state index in [9.17, 15) is 14.4 Å². The van der Waals surface area contributed by atoms with Gasteiger partial charge in [0.15, 0.2) is 11.6 Å². The van der Waals surface area contributed by atoms with Crippen LogP contribution in [0, 0.1) is 0 Å². The van der Waals surface area contributed by atoms with E-state index in [4.69, 9.17) is 4.74 Å². The lowest BCUT2D eigenvalue weighted by molar-refractivity contribution is -0.116. The van der Waals surface area contributed by atoms with E-state index in [1.807, 2.05) is 30.3 Å². The van der Waals surface area contributed by atoms with Gasteiger partial charge in [-0.05, 0) is 29.8 Å². The Balaban J connectivity index is 1.36. The zero-order valence-electron chi connectivity index (χ0n) is 16.1. The lowest BCUT2D eigenvalue weighted by Crippen LogP contribution is -2.33. The van der Waals surface area contributed by atoms with E-state index in [0.717, 1.165) is 10.5 Å². The minimum Gasteiger partial charge on any atom is -0.485 e. The summed E-state index contributed by atoms with van der Waals surface area (Å²) in [7, 11) is 0. The lowest BCUT2D eigenvalue weighted by Gasteiger charge is -2.14. The number of carbonyl (C=O) groups is 3. The molecule has 0 fully saturated rings. The summed E-state index contributed by atoms with van der Waals surface area (Å²) in [4.78, 5) is 42.5. The van der Waals surface area contributed by atoms with Gasteiger partial charge in [-0.25, -0.2) is 4.98 Å². The van der Waals surface area contributed by atoms with Gasteiger partial charge in [0.2, 0.25) is 5.91 Å². The molecule has 0 aliphatic carbocycles. The van der Waals surface area contributed by atoms with E-state index in [1.165, 1.54) is 0 Å². The Kier molecular flexibility index (Phi) is 5.52. The fraction of sp³-hybridized carbons (Fsp3) is 0.130. The number of rotatable bonds is 7. The van der Waals surface area contributed by atoms with Gasteiger partial charge >= 0.3 is 0 Å². The van der Waals surface area contributed by atoms with Crippen molar-refractivity contribution in [2.75, 3.05) is 11.9 Å². The summed E-state index contributed by atoms with van der Waals surface area (Å²) < 4.78 is 5.78. The smallest absolute Gasteiger partial charge is 0.261 e. The summed E-state index contributed by atoms with van der Waals surface area (Å²) in [6, 6.07) is 19.7. The molecule has 2 heterocycles. The standard InChI is InChI=1S/C23H19N3O4/c27-20(12-14-26-22(28)17-9-4-5-10-18(17)23(26)29)25-21-19(11-6-13-24-21)30-15-16-7-2-1-3-8-16/h1-11,13H,12,14-15H2,(H,24,25,27). The Morgan fingerprint density at radius 1 is 0.900 bits per heavy atom. The number of imide groups is 1. The largest absolute Gasteiger partial charge is 0.485 e. The molecule has 0 spiro atoms. The molecule has 4 rings (SSSR count). The predicted molar refractivity (Wildman–Crippen MR) is 110 cm³/mol. The molecular weight excluding hydrogens is 382 g/mol. The molecule has 7 heteroatoms. The van der Waals surface area contributed by atoms with Crippen molar-refractivity contribution in [2.24, 2.45) is 0 Å². The van der Waals surface area contributed by atoms with Gasteiger partial charge in [-0.15, -0.1) is 0 Å². The second kappa shape index (κ2) is 8.57. The minimum absolute atomic E-state index is 0.00871. The molecule has 7 nitrogen and oxygen atoms in total. The highest BCUT2D eigenvalue weighted by atomic mass is 16.5. The first-order chi connectivity index (χ1) is 14.6. The van der Waals surface area contributed by atoms with Crippen molar-refractivity contribution in [3.8, 4) is 5.75 Å². The van der Waals surface area contributed by atoms with Gasteiger partial charge in [-0.3, -0.25) is 19.3 Å². The zero-order valence-corrected chi connectivity index (χ0v) is 16.1. The lowest BCUT2D eigenvalue weighted by atomic mass is 10.1. The molecular formula is C23H19N3O4. The second-order valence-electron chi connectivity index (χ2n) is 6.73. The number of nitrogens with zero attached hydrogens (tertiary/aromatic N) is 2. The number of carbonyl (C=O) groups excluding carboxylic acids is 3. The first-order valence-electron chi connectivity index (χ1n) is 9.50. The van der Waals surface area contributed by atoms with Crippen molar-refractivity contribution in [1.82, 2.24) is 9.88 Å². The molecule has 3 aromatic rings. The van der Waals surface area contributed by atoms with Gasteiger partial charge in [0.1, 0.15) is 6.61 Å². The quantitative estimate of drug-likeness (QED) is 0.614. The fourth-order valence-electron chi connectivity index (χ4n) is 3.19. The van der Waals surface area contributed by atoms with Crippen LogP contribution in [0.5, 0.6) is 5.75 Å². The number of hydrogen-bond donors (Lipinski definition) is 1. The maximum absolute atomic E-state index is 12.4. The molecule has 0 radical (unpaired) electrons. The third kappa shape index (κ3) is 4.05. The number of anilines is 1. The summed E-state index contributed by atoms with van der Waals surface area (Å²) in [6.45, 7) is 0.329. The molecule has 0 saturated heterocycles. The van der Waals surface area contributed by atoms with E-state index in [0.29, 0.717) is 29.3 Å². The maximum Gasteiger partial charge on any atom is 0.261 e. The summed E-state index contributed by atoms with van der Waals surface area (Å²) in [5.41, 5.74) is 1.72. The first-order valence-corrected chi connectivity index (χ1v) is 9.50. The van der Waals surface area contributed by atoms with E-state index >= 15 is 0 Å². The Morgan fingerprint density at radius 3 is 2.27 bits per heavy atom. The molecule has 1 aliphatic heterocycles. The van der Waals surface area contributed by atoms with E-state index in [1.54, 1.807) is 42.6 Å². The van der Waals surface area contributed by atoms with Crippen LogP contribution < -0.4 is 10.1 Å². The monoisotopic (exact) mass is 401 g/mol. The average Bonchev–Trinajstić information content (AvgIpc) is 3.02. The maximum atomic E-state index is 12.4. The van der Waals surface area contributed by atoms with Crippen LogP contribution in [0.25, 0.3) is 0 Å². The van der Waals surface area contributed by atoms with Crippen molar-refractivity contribution in [3.05, 3.63) is 89.6 Å². The molecule has 2 aromatic carbocycles. The van der Waals surface area contributed by atoms with Gasteiger partial charge < -0.3 is 10.1 Å². The third-order valence-electron chi connectivity index (χ3n) is 4.71. The van der Waals surface area contributed by atoms with Crippen LogP contribution in [0.2, 0.25) is 0 Å². The Hall–Kier alpha value is -4.00. The number of fused-ring (bicyclic) bond motifs is 1. The molecule has 1 aromatic heterocycles. The summed E-state index contributed by atoms with van der Waals surface area (Å²) in [5.74, 6) is -0.396. The Morgan fingerprint density at radius 2 is 1.57 bits per heavy atom. The highest BCUT2D eigenvalue weighted by Gasteiger charge is 2.35. The molecule has 0 saturated carbocycles. The Bertz CT molecular complexity index is 1060. The molecule has 150 valence electrons. The van der Waals surface area contributed by atoms with Crippen molar-refractivity contribution >= 4 is 23.5 Å². The topological polar surface area (TPSA) is 88.6 Å². The molecule has 0 unspecified atom stereocenters. The van der Waals surface area contributed by atoms with Crippen molar-refractivity contribution in [3.63, 3.8) is 0 Å². The number of amides is 3. The van der Waals surface area contributed by atoms with E-state index in [2.05, 4.69) is 10.3 Å². The highest BCUT2D eigenvalue weighted by molar-refractivity contribution is 6.21. The number of benzene rings is 2. The number of ether oxygens (including phenoxy) is 1. The molecule has 1 N–H and O–H groups in total. The van der Waals surface area contributed by atoms with Gasteiger partial charge in [-0.2, -0.15) is 0 Å². The van der Waals surface area contributed by atoms with E-state index in [-0.39, 0.29) is 30.7 Å². The van der Waals surface area contributed by atoms with Gasteiger partial charge in [0.05, 0.1) is 11.1 Å². The van der Waals surface area contributed by atoms with Crippen molar-refractivity contribution in [1.29, 1.82) is 0 Å². The first kappa shape index (κ1) is 19.3. The van der Waals surface area contributed by atoms with Crippen molar-refractivity contribution in [2.45, 2.75) is 13.0 Å². The molecule has 30 heavy (non-hydrogen) atoms. The highest BCUT2D eigenvalue weighted by Crippen LogP contribution is 2.24. The van der Waals surface area contributed by atoms with Gasteiger partial charge in [0, 0.05) is 19.2 Å². The van der Waals surface area contributed by atoms with Crippen molar-refractivity contribution < 1.29 is 19.1 Å². The number of hydrogen-bond acceptors (Lipinski definition) is 5. The molecule has 0 bridgehead atoms. The Labute approximate surface area is 173 Å². The number of aromatic nitrogens is 1. The van der Waals surface area contributed by atoms with Crippen LogP contribution in [0.4, 0.5) is 5.82 Å². The molecule has 1 aliphatic rings. The van der Waals surface area contributed by atoms with Crippen LogP contribution in [0.15, 0.2) is 72.9 Å². The summed E-state index contributed by atoms with van der Waals surface area (Å²) in [6.07, 6.45) is 1.51. The van der Waals surface area contributed by atoms with Crippen LogP contribution in [0.3, 0.4) is 0 Å². The van der Waals surface area contributed by atoms with Gasteiger partial charge in [-0.1, -0.05) is 42.5 Å².